The van der Waals surface area contributed by atoms with E-state index in [1.54, 1.807) is 31.4 Å². The SMILES string of the molecule is COc1ccc(CN)c(Oc2ccc(Cl)cc2Cl)c1. The van der Waals surface area contributed by atoms with Crippen molar-refractivity contribution in [2.45, 2.75) is 6.54 Å². The van der Waals surface area contributed by atoms with E-state index >= 15 is 0 Å². The van der Waals surface area contributed by atoms with Crippen molar-refractivity contribution in [3.05, 3.63) is 52.0 Å². The minimum absolute atomic E-state index is 0.366. The van der Waals surface area contributed by atoms with Gasteiger partial charge in [-0.1, -0.05) is 29.3 Å². The first kappa shape index (κ1) is 14.0. The molecule has 0 bridgehead atoms. The highest BCUT2D eigenvalue weighted by Crippen LogP contribution is 2.34. The Morgan fingerprint density at radius 1 is 1.05 bits per heavy atom. The number of methoxy groups -OCH3 is 1. The van der Waals surface area contributed by atoms with E-state index in [0.717, 1.165) is 5.56 Å². The number of hydrogen-bond donors (Lipinski definition) is 1. The lowest BCUT2D eigenvalue weighted by Crippen LogP contribution is -2.00. The first-order valence-electron chi connectivity index (χ1n) is 5.64. The number of hydrogen-bond acceptors (Lipinski definition) is 3. The Bertz CT molecular complexity index is 588. The molecule has 5 heteroatoms. The second-order valence-electron chi connectivity index (χ2n) is 3.85. The Balaban J connectivity index is 2.36. The molecule has 0 spiro atoms. The minimum atomic E-state index is 0.366. The van der Waals surface area contributed by atoms with E-state index in [2.05, 4.69) is 0 Å². The maximum absolute atomic E-state index is 6.08. The molecule has 0 fully saturated rings. The summed E-state index contributed by atoms with van der Waals surface area (Å²) >= 11 is 11.9. The van der Waals surface area contributed by atoms with Crippen LogP contribution in [0.4, 0.5) is 0 Å². The van der Waals surface area contributed by atoms with E-state index in [-0.39, 0.29) is 0 Å². The van der Waals surface area contributed by atoms with Gasteiger partial charge in [-0.15, -0.1) is 0 Å². The van der Waals surface area contributed by atoms with Crippen LogP contribution >= 0.6 is 23.2 Å². The van der Waals surface area contributed by atoms with Gasteiger partial charge in [-0.25, -0.2) is 0 Å². The standard InChI is InChI=1S/C14H13Cl2NO2/c1-18-11-4-2-9(8-17)14(7-11)19-13-5-3-10(15)6-12(13)16/h2-7H,8,17H2,1H3. The summed E-state index contributed by atoms with van der Waals surface area (Å²) in [6, 6.07) is 10.5. The molecule has 0 radical (unpaired) electrons. The van der Waals surface area contributed by atoms with Gasteiger partial charge >= 0.3 is 0 Å². The zero-order chi connectivity index (χ0) is 13.8. The molecule has 100 valence electrons. The lowest BCUT2D eigenvalue weighted by Gasteiger charge is -2.12. The first-order valence-corrected chi connectivity index (χ1v) is 6.39. The summed E-state index contributed by atoms with van der Waals surface area (Å²) in [5.41, 5.74) is 6.55. The summed E-state index contributed by atoms with van der Waals surface area (Å²) in [5.74, 6) is 1.83. The molecule has 0 unspecified atom stereocenters. The molecule has 0 heterocycles. The van der Waals surface area contributed by atoms with Gasteiger partial charge in [-0.3, -0.25) is 0 Å². The predicted octanol–water partition coefficient (Wildman–Crippen LogP) is 4.25. The number of benzene rings is 2. The van der Waals surface area contributed by atoms with Crippen LogP contribution in [-0.2, 0) is 6.54 Å². The van der Waals surface area contributed by atoms with Crippen LogP contribution in [0.25, 0.3) is 0 Å². The van der Waals surface area contributed by atoms with Crippen LogP contribution in [0.1, 0.15) is 5.56 Å². The molecule has 0 aromatic heterocycles. The lowest BCUT2D eigenvalue weighted by atomic mass is 10.2. The molecule has 0 amide bonds. The summed E-state index contributed by atoms with van der Waals surface area (Å²) in [4.78, 5) is 0. The average molecular weight is 298 g/mol. The maximum atomic E-state index is 6.08. The molecule has 0 saturated carbocycles. The Morgan fingerprint density at radius 2 is 1.84 bits per heavy atom. The van der Waals surface area contributed by atoms with Crippen molar-refractivity contribution >= 4 is 23.2 Å². The summed E-state index contributed by atoms with van der Waals surface area (Å²) in [6.45, 7) is 0.366. The van der Waals surface area contributed by atoms with Crippen molar-refractivity contribution in [1.29, 1.82) is 0 Å². The smallest absolute Gasteiger partial charge is 0.146 e. The van der Waals surface area contributed by atoms with Gasteiger partial charge < -0.3 is 15.2 Å². The second-order valence-corrected chi connectivity index (χ2v) is 4.70. The highest BCUT2D eigenvalue weighted by Gasteiger charge is 2.09. The third-order valence-electron chi connectivity index (χ3n) is 2.61. The Morgan fingerprint density at radius 3 is 2.47 bits per heavy atom. The molecule has 0 aliphatic heterocycles. The molecule has 2 N–H and O–H groups in total. The summed E-state index contributed by atoms with van der Waals surface area (Å²) in [7, 11) is 1.59. The Hall–Kier alpha value is -1.42. The predicted molar refractivity (Wildman–Crippen MR) is 77.4 cm³/mol. The Kier molecular flexibility index (Phi) is 4.53. The van der Waals surface area contributed by atoms with Crippen LogP contribution in [0.3, 0.4) is 0 Å². The molecule has 19 heavy (non-hydrogen) atoms. The van der Waals surface area contributed by atoms with Gasteiger partial charge in [-0.2, -0.15) is 0 Å². The van der Waals surface area contributed by atoms with Crippen molar-refractivity contribution in [3.63, 3.8) is 0 Å². The fourth-order valence-electron chi connectivity index (χ4n) is 1.60. The van der Waals surface area contributed by atoms with E-state index in [0.29, 0.717) is 33.8 Å². The highest BCUT2D eigenvalue weighted by molar-refractivity contribution is 6.35. The highest BCUT2D eigenvalue weighted by atomic mass is 35.5. The van der Waals surface area contributed by atoms with Crippen LogP contribution in [0.5, 0.6) is 17.2 Å². The van der Waals surface area contributed by atoms with Gasteiger partial charge in [0.25, 0.3) is 0 Å². The molecule has 0 aliphatic rings. The van der Waals surface area contributed by atoms with Gasteiger partial charge in [0.05, 0.1) is 12.1 Å². The molecular weight excluding hydrogens is 285 g/mol. The summed E-state index contributed by atoms with van der Waals surface area (Å²) < 4.78 is 10.9. The lowest BCUT2D eigenvalue weighted by molar-refractivity contribution is 0.408. The fourth-order valence-corrected chi connectivity index (χ4v) is 2.05. The van der Waals surface area contributed by atoms with E-state index in [1.165, 1.54) is 0 Å². The van der Waals surface area contributed by atoms with Gasteiger partial charge in [0.1, 0.15) is 17.2 Å². The van der Waals surface area contributed by atoms with Crippen molar-refractivity contribution in [2.75, 3.05) is 7.11 Å². The molecule has 0 saturated heterocycles. The second kappa shape index (κ2) is 6.15. The molecule has 0 aliphatic carbocycles. The molecule has 2 aromatic carbocycles. The van der Waals surface area contributed by atoms with E-state index in [4.69, 9.17) is 38.4 Å². The average Bonchev–Trinajstić information content (AvgIpc) is 2.41. The van der Waals surface area contributed by atoms with Gasteiger partial charge in [0, 0.05) is 23.2 Å². The summed E-state index contributed by atoms with van der Waals surface area (Å²) in [5, 5.41) is 1.00. The van der Waals surface area contributed by atoms with Crippen LogP contribution in [0, 0.1) is 0 Å². The van der Waals surface area contributed by atoms with Crippen molar-refractivity contribution < 1.29 is 9.47 Å². The monoisotopic (exact) mass is 297 g/mol. The minimum Gasteiger partial charge on any atom is -0.497 e. The number of halogens is 2. The number of ether oxygens (including phenoxy) is 2. The zero-order valence-corrected chi connectivity index (χ0v) is 11.8. The van der Waals surface area contributed by atoms with Crippen LogP contribution in [-0.4, -0.2) is 7.11 Å². The molecule has 2 aromatic rings. The van der Waals surface area contributed by atoms with Gasteiger partial charge in [-0.05, 0) is 24.3 Å². The first-order chi connectivity index (χ1) is 9.13. The van der Waals surface area contributed by atoms with E-state index in [1.807, 2.05) is 12.1 Å². The zero-order valence-electron chi connectivity index (χ0n) is 10.3. The van der Waals surface area contributed by atoms with Crippen LogP contribution < -0.4 is 15.2 Å². The molecular formula is C14H13Cl2NO2. The quantitative estimate of drug-likeness (QED) is 0.917. The molecule has 2 rings (SSSR count). The van der Waals surface area contributed by atoms with Crippen LogP contribution in [0.15, 0.2) is 36.4 Å². The van der Waals surface area contributed by atoms with Gasteiger partial charge in [0.15, 0.2) is 0 Å². The number of nitrogens with two attached hydrogens (primary N) is 1. The summed E-state index contributed by atoms with van der Waals surface area (Å²) in [6.07, 6.45) is 0. The van der Waals surface area contributed by atoms with Gasteiger partial charge in [0.2, 0.25) is 0 Å². The number of rotatable bonds is 4. The maximum Gasteiger partial charge on any atom is 0.146 e. The van der Waals surface area contributed by atoms with Crippen molar-refractivity contribution in [1.82, 2.24) is 0 Å². The van der Waals surface area contributed by atoms with Crippen molar-refractivity contribution in [2.24, 2.45) is 5.73 Å². The third-order valence-corrected chi connectivity index (χ3v) is 3.14. The van der Waals surface area contributed by atoms with E-state index in [9.17, 15) is 0 Å². The fraction of sp³-hybridized carbons (Fsp3) is 0.143. The molecule has 3 nitrogen and oxygen atoms in total. The largest absolute Gasteiger partial charge is 0.497 e. The van der Waals surface area contributed by atoms with Crippen molar-refractivity contribution in [3.8, 4) is 17.2 Å². The molecule has 0 atom stereocenters. The Labute approximate surface area is 121 Å². The normalized spacial score (nSPS) is 10.3. The topological polar surface area (TPSA) is 44.5 Å². The van der Waals surface area contributed by atoms with Crippen LogP contribution in [0.2, 0.25) is 10.0 Å². The van der Waals surface area contributed by atoms with E-state index < -0.39 is 0 Å². The third kappa shape index (κ3) is 3.32.